The SMILES string of the molecule is CC(=O)Nc1cc(C(=O)NCCCN2CCCC(C)C2)ccc1F. The van der Waals surface area contributed by atoms with Crippen LogP contribution in [0.1, 0.15) is 43.5 Å². The van der Waals surface area contributed by atoms with Gasteiger partial charge in [0, 0.05) is 25.6 Å². The summed E-state index contributed by atoms with van der Waals surface area (Å²) in [4.78, 5) is 25.6. The van der Waals surface area contributed by atoms with Crippen LogP contribution >= 0.6 is 0 Å². The first-order chi connectivity index (χ1) is 11.5. The number of anilines is 1. The Balaban J connectivity index is 1.79. The highest BCUT2D eigenvalue weighted by molar-refractivity contribution is 5.96. The lowest BCUT2D eigenvalue weighted by Crippen LogP contribution is -2.36. The maximum atomic E-state index is 13.6. The fourth-order valence-corrected chi connectivity index (χ4v) is 3.05. The number of amides is 2. The molecule has 2 N–H and O–H groups in total. The van der Waals surface area contributed by atoms with E-state index in [1.54, 1.807) is 0 Å². The molecule has 0 radical (unpaired) electrons. The normalized spacial score (nSPS) is 18.2. The minimum atomic E-state index is -0.555. The number of hydrogen-bond donors (Lipinski definition) is 2. The van der Waals surface area contributed by atoms with Crippen LogP contribution in [0, 0.1) is 11.7 Å². The molecule has 0 aliphatic carbocycles. The van der Waals surface area contributed by atoms with E-state index in [1.807, 2.05) is 0 Å². The van der Waals surface area contributed by atoms with Crippen molar-refractivity contribution in [2.45, 2.75) is 33.1 Å². The molecule has 1 unspecified atom stereocenters. The summed E-state index contributed by atoms with van der Waals surface area (Å²) in [6.45, 7) is 7.40. The van der Waals surface area contributed by atoms with Crippen LogP contribution in [0.5, 0.6) is 0 Å². The highest BCUT2D eigenvalue weighted by Crippen LogP contribution is 2.17. The number of benzene rings is 1. The molecule has 1 atom stereocenters. The fourth-order valence-electron chi connectivity index (χ4n) is 3.05. The molecule has 0 saturated carbocycles. The molecule has 2 rings (SSSR count). The second kappa shape index (κ2) is 8.78. The quantitative estimate of drug-likeness (QED) is 0.786. The van der Waals surface area contributed by atoms with E-state index >= 15 is 0 Å². The molecule has 24 heavy (non-hydrogen) atoms. The minimum Gasteiger partial charge on any atom is -0.352 e. The van der Waals surface area contributed by atoms with Gasteiger partial charge in [-0.15, -0.1) is 0 Å². The second-order valence-electron chi connectivity index (χ2n) is 6.53. The summed E-state index contributed by atoms with van der Waals surface area (Å²) in [5, 5.41) is 5.23. The van der Waals surface area contributed by atoms with Crippen LogP contribution in [-0.4, -0.2) is 42.9 Å². The third-order valence-corrected chi connectivity index (χ3v) is 4.22. The fraction of sp³-hybridized carbons (Fsp3) is 0.556. The van der Waals surface area contributed by atoms with E-state index in [2.05, 4.69) is 22.5 Å². The van der Waals surface area contributed by atoms with Crippen molar-refractivity contribution in [3.05, 3.63) is 29.6 Å². The van der Waals surface area contributed by atoms with Gasteiger partial charge in [-0.25, -0.2) is 4.39 Å². The van der Waals surface area contributed by atoms with Gasteiger partial charge in [-0.3, -0.25) is 9.59 Å². The van der Waals surface area contributed by atoms with Gasteiger partial charge in [0.15, 0.2) is 0 Å². The van der Waals surface area contributed by atoms with Crippen LogP contribution in [0.2, 0.25) is 0 Å². The number of rotatable bonds is 6. The third kappa shape index (κ3) is 5.60. The Labute approximate surface area is 142 Å². The van der Waals surface area contributed by atoms with Crippen molar-refractivity contribution in [2.75, 3.05) is 31.5 Å². The van der Waals surface area contributed by atoms with Crippen molar-refractivity contribution < 1.29 is 14.0 Å². The molecule has 2 amide bonds. The number of carbonyl (C=O) groups excluding carboxylic acids is 2. The molecule has 0 aromatic heterocycles. The maximum absolute atomic E-state index is 13.6. The average Bonchev–Trinajstić information content (AvgIpc) is 2.53. The predicted molar refractivity (Wildman–Crippen MR) is 92.5 cm³/mol. The number of nitrogens with zero attached hydrogens (tertiary/aromatic N) is 1. The summed E-state index contributed by atoms with van der Waals surface area (Å²) >= 11 is 0. The van der Waals surface area contributed by atoms with E-state index in [0.717, 1.165) is 32.0 Å². The Morgan fingerprint density at radius 1 is 1.38 bits per heavy atom. The highest BCUT2D eigenvalue weighted by atomic mass is 19.1. The molecule has 132 valence electrons. The summed E-state index contributed by atoms with van der Waals surface area (Å²) in [6, 6.07) is 3.97. The van der Waals surface area contributed by atoms with E-state index in [0.29, 0.717) is 12.1 Å². The lowest BCUT2D eigenvalue weighted by molar-refractivity contribution is -0.114. The van der Waals surface area contributed by atoms with Gasteiger partial charge >= 0.3 is 0 Å². The molecular formula is C18H26FN3O2. The number of hydrogen-bond acceptors (Lipinski definition) is 3. The molecule has 1 aliphatic rings. The molecule has 0 spiro atoms. The lowest BCUT2D eigenvalue weighted by Gasteiger charge is -2.30. The summed E-state index contributed by atoms with van der Waals surface area (Å²) in [7, 11) is 0. The van der Waals surface area contributed by atoms with Crippen LogP contribution < -0.4 is 10.6 Å². The summed E-state index contributed by atoms with van der Waals surface area (Å²) < 4.78 is 13.6. The van der Waals surface area contributed by atoms with Crippen LogP contribution in [-0.2, 0) is 4.79 Å². The molecular weight excluding hydrogens is 309 g/mol. The van der Waals surface area contributed by atoms with E-state index in [9.17, 15) is 14.0 Å². The molecule has 1 aliphatic heterocycles. The van der Waals surface area contributed by atoms with Crippen LogP contribution in [0.15, 0.2) is 18.2 Å². The average molecular weight is 335 g/mol. The standard InChI is InChI=1S/C18H26FN3O2/c1-13-5-3-9-22(12-13)10-4-8-20-18(24)15-6-7-16(19)17(11-15)21-14(2)23/h6-7,11,13H,3-5,8-10,12H2,1-2H3,(H,20,24)(H,21,23). The summed E-state index contributed by atoms with van der Waals surface area (Å²) in [5.74, 6) is -0.434. The Morgan fingerprint density at radius 2 is 2.17 bits per heavy atom. The first-order valence-corrected chi connectivity index (χ1v) is 8.53. The van der Waals surface area contributed by atoms with Crippen molar-refractivity contribution in [3.63, 3.8) is 0 Å². The van der Waals surface area contributed by atoms with Crippen LogP contribution in [0.25, 0.3) is 0 Å². The second-order valence-corrected chi connectivity index (χ2v) is 6.53. The predicted octanol–water partition coefficient (Wildman–Crippen LogP) is 2.64. The van der Waals surface area contributed by atoms with Gasteiger partial charge in [0.25, 0.3) is 5.91 Å². The summed E-state index contributed by atoms with van der Waals surface area (Å²) in [6.07, 6.45) is 3.43. The van der Waals surface area contributed by atoms with Crippen LogP contribution in [0.3, 0.4) is 0 Å². The zero-order chi connectivity index (χ0) is 17.5. The molecule has 1 saturated heterocycles. The molecule has 1 aromatic carbocycles. The van der Waals surface area contributed by atoms with E-state index in [4.69, 9.17) is 0 Å². The molecule has 0 bridgehead atoms. The molecule has 1 aromatic rings. The number of likely N-dealkylation sites (tertiary alicyclic amines) is 1. The molecule has 1 fully saturated rings. The van der Waals surface area contributed by atoms with Gasteiger partial charge in [-0.05, 0) is 56.5 Å². The Kier molecular flexibility index (Phi) is 6.73. The topological polar surface area (TPSA) is 61.4 Å². The zero-order valence-corrected chi connectivity index (χ0v) is 14.4. The third-order valence-electron chi connectivity index (χ3n) is 4.22. The lowest BCUT2D eigenvalue weighted by atomic mass is 10.0. The summed E-state index contributed by atoms with van der Waals surface area (Å²) in [5.41, 5.74) is 0.365. The van der Waals surface area contributed by atoms with Gasteiger partial charge in [0.2, 0.25) is 5.91 Å². The molecule has 6 heteroatoms. The van der Waals surface area contributed by atoms with Gasteiger partial charge in [-0.1, -0.05) is 6.92 Å². The Bertz CT molecular complexity index is 592. The Hall–Kier alpha value is -1.95. The van der Waals surface area contributed by atoms with Crippen molar-refractivity contribution >= 4 is 17.5 Å². The minimum absolute atomic E-state index is 0.0254. The number of carbonyl (C=O) groups is 2. The first-order valence-electron chi connectivity index (χ1n) is 8.53. The monoisotopic (exact) mass is 335 g/mol. The maximum Gasteiger partial charge on any atom is 0.251 e. The first kappa shape index (κ1) is 18.4. The number of nitrogens with one attached hydrogen (secondary N) is 2. The van der Waals surface area contributed by atoms with Crippen molar-refractivity contribution in [2.24, 2.45) is 5.92 Å². The van der Waals surface area contributed by atoms with Gasteiger partial charge in [-0.2, -0.15) is 0 Å². The van der Waals surface area contributed by atoms with E-state index < -0.39 is 5.82 Å². The van der Waals surface area contributed by atoms with E-state index in [1.165, 1.54) is 38.0 Å². The van der Waals surface area contributed by atoms with Crippen molar-refractivity contribution in [1.82, 2.24) is 10.2 Å². The Morgan fingerprint density at radius 3 is 2.88 bits per heavy atom. The smallest absolute Gasteiger partial charge is 0.251 e. The number of halogens is 1. The van der Waals surface area contributed by atoms with Crippen molar-refractivity contribution in [3.8, 4) is 0 Å². The highest BCUT2D eigenvalue weighted by Gasteiger charge is 2.15. The van der Waals surface area contributed by atoms with Crippen molar-refractivity contribution in [1.29, 1.82) is 0 Å². The molecule has 5 nitrogen and oxygen atoms in total. The van der Waals surface area contributed by atoms with Crippen LogP contribution in [0.4, 0.5) is 10.1 Å². The largest absolute Gasteiger partial charge is 0.352 e. The van der Waals surface area contributed by atoms with Gasteiger partial charge in [0.1, 0.15) is 5.82 Å². The van der Waals surface area contributed by atoms with Gasteiger partial charge < -0.3 is 15.5 Å². The zero-order valence-electron chi connectivity index (χ0n) is 14.4. The van der Waals surface area contributed by atoms with E-state index in [-0.39, 0.29) is 17.5 Å². The van der Waals surface area contributed by atoms with Gasteiger partial charge in [0.05, 0.1) is 5.69 Å². The number of piperidine rings is 1. The molecule has 1 heterocycles.